The molecule has 1 aromatic heterocycles. The van der Waals surface area contributed by atoms with Crippen LogP contribution in [0.5, 0.6) is 0 Å². The summed E-state index contributed by atoms with van der Waals surface area (Å²) in [5, 5.41) is 0.0496. The number of fused-ring (bicyclic) bond motifs is 1. The molecule has 0 aliphatic heterocycles. The molecule has 5 nitrogen and oxygen atoms in total. The monoisotopic (exact) mass is 287 g/mol. The number of alkyl halides is 3. The topological polar surface area (TPSA) is 70.0 Å². The fraction of sp³-hybridized carbons (Fsp3) is 0.333. The van der Waals surface area contributed by atoms with Gasteiger partial charge in [0.1, 0.15) is 0 Å². The quantitative estimate of drug-likeness (QED) is 0.883. The lowest BCUT2D eigenvalue weighted by molar-refractivity contribution is -0.137. The lowest BCUT2D eigenvalue weighted by atomic mass is 10.1. The van der Waals surface area contributed by atoms with E-state index in [0.29, 0.717) is 0 Å². The Hall–Kier alpha value is -2.09. The van der Waals surface area contributed by atoms with Crippen molar-refractivity contribution < 1.29 is 13.2 Å². The van der Waals surface area contributed by atoms with Crippen LogP contribution in [0.15, 0.2) is 27.8 Å². The third-order valence-corrected chi connectivity index (χ3v) is 3.03. The molecule has 0 bridgehead atoms. The van der Waals surface area contributed by atoms with E-state index in [1.54, 1.807) is 0 Å². The first-order valence-electron chi connectivity index (χ1n) is 5.78. The van der Waals surface area contributed by atoms with Crippen LogP contribution in [0.3, 0.4) is 0 Å². The maximum atomic E-state index is 12.7. The van der Waals surface area contributed by atoms with Crippen LogP contribution < -0.4 is 17.0 Å². The summed E-state index contributed by atoms with van der Waals surface area (Å²) in [4.78, 5) is 24.0. The molecule has 2 aromatic rings. The maximum Gasteiger partial charge on any atom is 0.416 e. The maximum absolute atomic E-state index is 12.7. The summed E-state index contributed by atoms with van der Waals surface area (Å²) in [6.45, 7) is 0.101. The highest BCUT2D eigenvalue weighted by molar-refractivity contribution is 5.78. The number of rotatable bonds is 2. The van der Waals surface area contributed by atoms with Crippen molar-refractivity contribution >= 4 is 10.9 Å². The fourth-order valence-electron chi connectivity index (χ4n) is 2.01. The van der Waals surface area contributed by atoms with Crippen molar-refractivity contribution in [1.82, 2.24) is 9.13 Å². The standard InChI is InChI=1S/C12H12F3N3O2/c1-17-9-6-7(12(13,14)15)2-3-8(9)10(19)18(5-4-16)11(17)20/h2-3,6H,4-5,16H2,1H3. The highest BCUT2D eigenvalue weighted by atomic mass is 19.4. The Bertz CT molecular complexity index is 774. The number of nitrogens with zero attached hydrogens (tertiary/aromatic N) is 2. The SMILES string of the molecule is Cn1c(=O)n(CCN)c(=O)c2ccc(C(F)(F)F)cc21. The summed E-state index contributed by atoms with van der Waals surface area (Å²) in [7, 11) is 1.32. The van der Waals surface area contributed by atoms with Crippen LogP contribution in [0.2, 0.25) is 0 Å². The predicted octanol–water partition coefficient (Wildman–Crippen LogP) is 0.678. The minimum Gasteiger partial charge on any atom is -0.329 e. The third kappa shape index (κ3) is 2.22. The van der Waals surface area contributed by atoms with E-state index in [2.05, 4.69) is 0 Å². The summed E-state index contributed by atoms with van der Waals surface area (Å²) >= 11 is 0. The molecule has 2 N–H and O–H groups in total. The molecule has 0 atom stereocenters. The molecule has 0 aliphatic rings. The van der Waals surface area contributed by atoms with Gasteiger partial charge >= 0.3 is 11.9 Å². The van der Waals surface area contributed by atoms with Gasteiger partial charge in [-0.2, -0.15) is 13.2 Å². The second-order valence-electron chi connectivity index (χ2n) is 4.32. The molecule has 0 spiro atoms. The molecule has 2 rings (SSSR count). The summed E-state index contributed by atoms with van der Waals surface area (Å²) in [5.41, 5.74) is 3.03. The van der Waals surface area contributed by atoms with Crippen LogP contribution in [0, 0.1) is 0 Å². The smallest absolute Gasteiger partial charge is 0.329 e. The molecule has 0 unspecified atom stereocenters. The Morgan fingerprint density at radius 1 is 1.25 bits per heavy atom. The average molecular weight is 287 g/mol. The number of nitrogens with two attached hydrogens (primary N) is 1. The number of benzene rings is 1. The van der Waals surface area contributed by atoms with Crippen LogP contribution in [-0.4, -0.2) is 15.7 Å². The molecule has 0 fully saturated rings. The molecule has 1 heterocycles. The Balaban J connectivity index is 2.86. The number of hydrogen-bond acceptors (Lipinski definition) is 3. The van der Waals surface area contributed by atoms with E-state index >= 15 is 0 Å². The fourth-order valence-corrected chi connectivity index (χ4v) is 2.01. The highest BCUT2D eigenvalue weighted by Crippen LogP contribution is 2.30. The second-order valence-corrected chi connectivity index (χ2v) is 4.32. The summed E-state index contributed by atoms with van der Waals surface area (Å²) < 4.78 is 39.9. The lowest BCUT2D eigenvalue weighted by Crippen LogP contribution is -2.40. The zero-order valence-electron chi connectivity index (χ0n) is 10.6. The van der Waals surface area contributed by atoms with Crippen LogP contribution in [0.1, 0.15) is 5.56 Å². The molecule has 108 valence electrons. The molecule has 0 aliphatic carbocycles. The van der Waals surface area contributed by atoms with E-state index in [0.717, 1.165) is 27.3 Å². The Morgan fingerprint density at radius 2 is 1.90 bits per heavy atom. The van der Waals surface area contributed by atoms with Gasteiger partial charge in [-0.25, -0.2) is 4.79 Å². The van der Waals surface area contributed by atoms with E-state index in [4.69, 9.17) is 5.73 Å². The van der Waals surface area contributed by atoms with Gasteiger partial charge in [0.25, 0.3) is 5.56 Å². The van der Waals surface area contributed by atoms with Crippen molar-refractivity contribution in [3.8, 4) is 0 Å². The van der Waals surface area contributed by atoms with Crippen molar-refractivity contribution in [2.75, 3.05) is 6.54 Å². The minimum atomic E-state index is -4.53. The molecule has 8 heteroatoms. The van der Waals surface area contributed by atoms with Gasteiger partial charge in [0.05, 0.1) is 16.5 Å². The van der Waals surface area contributed by atoms with E-state index in [1.807, 2.05) is 0 Å². The van der Waals surface area contributed by atoms with Crippen molar-refractivity contribution in [2.45, 2.75) is 12.7 Å². The Labute approximate surface area is 111 Å². The molecule has 0 amide bonds. The number of aromatic nitrogens is 2. The van der Waals surface area contributed by atoms with E-state index < -0.39 is 23.0 Å². The summed E-state index contributed by atoms with van der Waals surface area (Å²) in [5.74, 6) is 0. The largest absolute Gasteiger partial charge is 0.416 e. The zero-order chi connectivity index (χ0) is 15.1. The van der Waals surface area contributed by atoms with Gasteiger partial charge in [-0.15, -0.1) is 0 Å². The third-order valence-electron chi connectivity index (χ3n) is 3.03. The van der Waals surface area contributed by atoms with Crippen LogP contribution >= 0.6 is 0 Å². The van der Waals surface area contributed by atoms with Crippen LogP contribution in [-0.2, 0) is 19.8 Å². The van der Waals surface area contributed by atoms with Gasteiger partial charge in [0.2, 0.25) is 0 Å². The number of aryl methyl sites for hydroxylation is 1. The first-order chi connectivity index (χ1) is 9.27. The van der Waals surface area contributed by atoms with Crippen LogP contribution in [0.4, 0.5) is 13.2 Å². The van der Waals surface area contributed by atoms with E-state index in [-0.39, 0.29) is 24.0 Å². The van der Waals surface area contributed by atoms with Crippen molar-refractivity contribution in [3.63, 3.8) is 0 Å². The number of halogens is 3. The van der Waals surface area contributed by atoms with Crippen molar-refractivity contribution in [1.29, 1.82) is 0 Å². The van der Waals surface area contributed by atoms with Gasteiger partial charge in [-0.1, -0.05) is 0 Å². The highest BCUT2D eigenvalue weighted by Gasteiger charge is 2.31. The molecule has 20 heavy (non-hydrogen) atoms. The van der Waals surface area contributed by atoms with E-state index in [9.17, 15) is 22.8 Å². The zero-order valence-corrected chi connectivity index (χ0v) is 10.6. The Morgan fingerprint density at radius 3 is 2.45 bits per heavy atom. The summed E-state index contributed by atoms with van der Waals surface area (Å²) in [6, 6.07) is 2.69. The van der Waals surface area contributed by atoms with Gasteiger partial charge in [0.15, 0.2) is 0 Å². The van der Waals surface area contributed by atoms with Crippen molar-refractivity contribution in [3.05, 3.63) is 44.6 Å². The molecule has 0 saturated carbocycles. The van der Waals surface area contributed by atoms with Gasteiger partial charge in [-0.05, 0) is 18.2 Å². The average Bonchev–Trinajstić information content (AvgIpc) is 2.39. The predicted molar refractivity (Wildman–Crippen MR) is 67.5 cm³/mol. The van der Waals surface area contributed by atoms with Crippen LogP contribution in [0.25, 0.3) is 10.9 Å². The summed E-state index contributed by atoms with van der Waals surface area (Å²) in [6.07, 6.45) is -4.53. The number of hydrogen-bond donors (Lipinski definition) is 1. The lowest BCUT2D eigenvalue weighted by Gasteiger charge is -2.12. The first kappa shape index (κ1) is 14.3. The van der Waals surface area contributed by atoms with E-state index in [1.165, 1.54) is 7.05 Å². The minimum absolute atomic E-state index is 0.0163. The molecule has 1 aromatic carbocycles. The molecule has 0 saturated heterocycles. The van der Waals surface area contributed by atoms with Crippen molar-refractivity contribution in [2.24, 2.45) is 12.8 Å². The van der Waals surface area contributed by atoms with Gasteiger partial charge < -0.3 is 5.73 Å². The molecule has 0 radical (unpaired) electrons. The first-order valence-corrected chi connectivity index (χ1v) is 5.78. The molecular weight excluding hydrogens is 275 g/mol. The van der Waals surface area contributed by atoms with Gasteiger partial charge in [0, 0.05) is 20.1 Å². The molecular formula is C12H12F3N3O2. The second kappa shape index (κ2) is 4.78. The Kier molecular flexibility index (Phi) is 3.43. The normalized spacial score (nSPS) is 12.1. The van der Waals surface area contributed by atoms with Gasteiger partial charge in [-0.3, -0.25) is 13.9 Å².